The standard InChI is InChI=1S/C9H19NS/c1-8(2)10-6-3-4-9(11)5-7-10/h8-9,11H,3-7H2,1-2H3. The molecule has 1 aliphatic heterocycles. The summed E-state index contributed by atoms with van der Waals surface area (Å²) in [4.78, 5) is 2.55. The average Bonchev–Trinajstić information content (AvgIpc) is 2.13. The summed E-state index contributed by atoms with van der Waals surface area (Å²) in [6.07, 6.45) is 3.89. The van der Waals surface area contributed by atoms with Gasteiger partial charge in [0.15, 0.2) is 0 Å². The molecule has 0 spiro atoms. The highest BCUT2D eigenvalue weighted by molar-refractivity contribution is 7.80. The second-order valence-corrected chi connectivity index (χ2v) is 4.44. The second kappa shape index (κ2) is 4.36. The van der Waals surface area contributed by atoms with Gasteiger partial charge in [-0.25, -0.2) is 0 Å². The Morgan fingerprint density at radius 3 is 2.64 bits per heavy atom. The maximum atomic E-state index is 4.51. The zero-order valence-corrected chi connectivity index (χ0v) is 8.48. The molecule has 1 atom stereocenters. The quantitative estimate of drug-likeness (QED) is 0.595. The molecule has 1 rings (SSSR count). The van der Waals surface area contributed by atoms with Crippen LogP contribution in [0.2, 0.25) is 0 Å². The molecule has 1 nitrogen and oxygen atoms in total. The molecule has 2 heteroatoms. The fraction of sp³-hybridized carbons (Fsp3) is 1.00. The third-order valence-electron chi connectivity index (χ3n) is 2.46. The Balaban J connectivity index is 2.34. The molecule has 0 saturated carbocycles. The van der Waals surface area contributed by atoms with Crippen molar-refractivity contribution in [3.8, 4) is 0 Å². The SMILES string of the molecule is CC(C)N1CCCC(S)CC1. The first-order valence-electron chi connectivity index (χ1n) is 4.62. The lowest BCUT2D eigenvalue weighted by molar-refractivity contribution is 0.231. The second-order valence-electron chi connectivity index (χ2n) is 3.71. The molecular weight excluding hydrogens is 154 g/mol. The van der Waals surface area contributed by atoms with Crippen molar-refractivity contribution >= 4 is 12.6 Å². The minimum absolute atomic E-state index is 0.652. The molecular formula is C9H19NS. The lowest BCUT2D eigenvalue weighted by Gasteiger charge is -2.23. The van der Waals surface area contributed by atoms with Crippen molar-refractivity contribution in [2.75, 3.05) is 13.1 Å². The molecule has 0 radical (unpaired) electrons. The number of hydrogen-bond acceptors (Lipinski definition) is 2. The first-order chi connectivity index (χ1) is 5.20. The van der Waals surface area contributed by atoms with Gasteiger partial charge in [-0.15, -0.1) is 0 Å². The Morgan fingerprint density at radius 2 is 2.00 bits per heavy atom. The van der Waals surface area contributed by atoms with Gasteiger partial charge in [0.1, 0.15) is 0 Å². The van der Waals surface area contributed by atoms with E-state index in [9.17, 15) is 0 Å². The molecule has 1 saturated heterocycles. The van der Waals surface area contributed by atoms with Crippen molar-refractivity contribution < 1.29 is 0 Å². The molecule has 0 N–H and O–H groups in total. The lowest BCUT2D eigenvalue weighted by Crippen LogP contribution is -2.31. The van der Waals surface area contributed by atoms with Gasteiger partial charge in [0.25, 0.3) is 0 Å². The highest BCUT2D eigenvalue weighted by atomic mass is 32.1. The van der Waals surface area contributed by atoms with E-state index in [2.05, 4.69) is 31.4 Å². The van der Waals surface area contributed by atoms with Gasteiger partial charge in [0.05, 0.1) is 0 Å². The molecule has 0 aromatic rings. The third-order valence-corrected chi connectivity index (χ3v) is 2.98. The maximum Gasteiger partial charge on any atom is 0.00385 e. The lowest BCUT2D eigenvalue weighted by atomic mass is 10.2. The van der Waals surface area contributed by atoms with E-state index in [1.807, 2.05) is 0 Å². The third kappa shape index (κ3) is 3.04. The maximum absolute atomic E-state index is 4.51. The van der Waals surface area contributed by atoms with Gasteiger partial charge >= 0.3 is 0 Å². The summed E-state index contributed by atoms with van der Waals surface area (Å²) in [5.41, 5.74) is 0. The largest absolute Gasteiger partial charge is 0.301 e. The first kappa shape index (κ1) is 9.40. The molecule has 0 aromatic carbocycles. The van der Waals surface area contributed by atoms with E-state index in [0.29, 0.717) is 11.3 Å². The predicted octanol–water partition coefficient (Wildman–Crippen LogP) is 2.18. The molecule has 66 valence electrons. The van der Waals surface area contributed by atoms with Crippen LogP contribution >= 0.6 is 12.6 Å². The molecule has 0 aromatic heterocycles. The Kier molecular flexibility index (Phi) is 3.73. The summed E-state index contributed by atoms with van der Waals surface area (Å²) in [5, 5.41) is 0.652. The normalized spacial score (nSPS) is 28.9. The van der Waals surface area contributed by atoms with Crippen LogP contribution in [-0.4, -0.2) is 29.3 Å². The Bertz CT molecular complexity index is 114. The highest BCUT2D eigenvalue weighted by Gasteiger charge is 2.15. The monoisotopic (exact) mass is 173 g/mol. The summed E-state index contributed by atoms with van der Waals surface area (Å²) >= 11 is 4.51. The first-order valence-corrected chi connectivity index (χ1v) is 5.14. The van der Waals surface area contributed by atoms with E-state index < -0.39 is 0 Å². The van der Waals surface area contributed by atoms with E-state index in [0.717, 1.165) is 0 Å². The van der Waals surface area contributed by atoms with Crippen LogP contribution < -0.4 is 0 Å². The van der Waals surface area contributed by atoms with Crippen LogP contribution in [0.5, 0.6) is 0 Å². The van der Waals surface area contributed by atoms with Gasteiger partial charge in [-0.1, -0.05) is 0 Å². The Morgan fingerprint density at radius 1 is 1.27 bits per heavy atom. The van der Waals surface area contributed by atoms with Crippen molar-refractivity contribution in [2.24, 2.45) is 0 Å². The summed E-state index contributed by atoms with van der Waals surface area (Å²) in [6, 6.07) is 0.716. The molecule has 0 aliphatic carbocycles. The summed E-state index contributed by atoms with van der Waals surface area (Å²) in [7, 11) is 0. The molecule has 1 fully saturated rings. The van der Waals surface area contributed by atoms with Crippen LogP contribution in [0.25, 0.3) is 0 Å². The molecule has 1 heterocycles. The summed E-state index contributed by atoms with van der Waals surface area (Å²) in [5.74, 6) is 0. The topological polar surface area (TPSA) is 3.24 Å². The van der Waals surface area contributed by atoms with Crippen LogP contribution in [0, 0.1) is 0 Å². The van der Waals surface area contributed by atoms with Crippen molar-refractivity contribution in [1.29, 1.82) is 0 Å². The summed E-state index contributed by atoms with van der Waals surface area (Å²) < 4.78 is 0. The smallest absolute Gasteiger partial charge is 0.00385 e. The molecule has 0 bridgehead atoms. The summed E-state index contributed by atoms with van der Waals surface area (Å²) in [6.45, 7) is 7.07. The number of thiol groups is 1. The Labute approximate surface area is 75.6 Å². The van der Waals surface area contributed by atoms with Crippen LogP contribution in [0.3, 0.4) is 0 Å². The van der Waals surface area contributed by atoms with E-state index in [1.54, 1.807) is 0 Å². The molecule has 1 aliphatic rings. The zero-order valence-electron chi connectivity index (χ0n) is 7.58. The fourth-order valence-corrected chi connectivity index (χ4v) is 1.92. The Hall–Kier alpha value is 0.310. The van der Waals surface area contributed by atoms with Gasteiger partial charge in [-0.05, 0) is 46.2 Å². The van der Waals surface area contributed by atoms with Gasteiger partial charge in [-0.2, -0.15) is 12.6 Å². The number of hydrogen-bond donors (Lipinski definition) is 1. The van der Waals surface area contributed by atoms with Gasteiger partial charge in [0.2, 0.25) is 0 Å². The van der Waals surface area contributed by atoms with E-state index in [-0.39, 0.29) is 0 Å². The van der Waals surface area contributed by atoms with Crippen LogP contribution in [-0.2, 0) is 0 Å². The van der Waals surface area contributed by atoms with Gasteiger partial charge < -0.3 is 4.90 Å². The van der Waals surface area contributed by atoms with Crippen molar-refractivity contribution in [2.45, 2.75) is 44.4 Å². The number of rotatable bonds is 1. The highest BCUT2D eigenvalue weighted by Crippen LogP contribution is 2.16. The van der Waals surface area contributed by atoms with Crippen LogP contribution in [0.1, 0.15) is 33.1 Å². The van der Waals surface area contributed by atoms with Crippen LogP contribution in [0.4, 0.5) is 0 Å². The molecule has 11 heavy (non-hydrogen) atoms. The van der Waals surface area contributed by atoms with Gasteiger partial charge in [0, 0.05) is 11.3 Å². The molecule has 1 unspecified atom stereocenters. The predicted molar refractivity (Wildman–Crippen MR) is 53.3 cm³/mol. The minimum atomic E-state index is 0.652. The van der Waals surface area contributed by atoms with E-state index in [1.165, 1.54) is 32.4 Å². The molecule has 0 amide bonds. The van der Waals surface area contributed by atoms with Crippen LogP contribution in [0.15, 0.2) is 0 Å². The van der Waals surface area contributed by atoms with Gasteiger partial charge in [-0.3, -0.25) is 0 Å². The average molecular weight is 173 g/mol. The fourth-order valence-electron chi connectivity index (χ4n) is 1.62. The van der Waals surface area contributed by atoms with E-state index >= 15 is 0 Å². The van der Waals surface area contributed by atoms with Crippen molar-refractivity contribution in [3.63, 3.8) is 0 Å². The van der Waals surface area contributed by atoms with Crippen molar-refractivity contribution in [3.05, 3.63) is 0 Å². The van der Waals surface area contributed by atoms with Crippen molar-refractivity contribution in [1.82, 2.24) is 4.90 Å². The number of likely N-dealkylation sites (tertiary alicyclic amines) is 1. The zero-order chi connectivity index (χ0) is 8.27. The van der Waals surface area contributed by atoms with E-state index in [4.69, 9.17) is 0 Å². The minimum Gasteiger partial charge on any atom is -0.301 e. The number of nitrogens with zero attached hydrogens (tertiary/aromatic N) is 1.